The molecule has 2 rings (SSSR count). The molecular weight excluding hydrogens is 186 g/mol. The van der Waals surface area contributed by atoms with Gasteiger partial charge in [-0.05, 0) is 19.1 Å². The first-order valence-electron chi connectivity index (χ1n) is 5.28. The molecule has 0 fully saturated rings. The third kappa shape index (κ3) is 3.20. The van der Waals surface area contributed by atoms with Gasteiger partial charge in [-0.1, -0.05) is 32.0 Å². The molecule has 0 spiro atoms. The number of hydrogen-bond acceptors (Lipinski definition) is 3. The number of rotatable bonds is 1. The fourth-order valence-corrected chi connectivity index (χ4v) is 1.16. The second-order valence-corrected chi connectivity index (χ2v) is 2.96. The summed E-state index contributed by atoms with van der Waals surface area (Å²) < 4.78 is 0. The first-order valence-corrected chi connectivity index (χ1v) is 5.28. The fraction of sp³-hybridized carbons (Fsp3) is 0.333. The van der Waals surface area contributed by atoms with Crippen LogP contribution in [0.3, 0.4) is 0 Å². The molecule has 0 unspecified atom stereocenters. The second kappa shape index (κ2) is 5.96. The summed E-state index contributed by atoms with van der Waals surface area (Å²) in [5.74, 6) is 0. The number of nitrogens with zero attached hydrogens (tertiary/aromatic N) is 3. The minimum absolute atomic E-state index is 0.851. The van der Waals surface area contributed by atoms with Crippen LogP contribution in [0.4, 0.5) is 5.69 Å². The minimum Gasteiger partial charge on any atom is -0.163 e. The number of para-hydroxylation sites is 1. The Bertz CT molecular complexity index is 341. The zero-order valence-electron chi connectivity index (χ0n) is 9.51. The Balaban J connectivity index is 0.000000531. The number of anilines is 1. The van der Waals surface area contributed by atoms with Crippen LogP contribution in [0.1, 0.15) is 27.2 Å². The highest BCUT2D eigenvalue weighted by molar-refractivity contribution is 5.95. The smallest absolute Gasteiger partial charge is 0.0856 e. The molecule has 1 aromatic rings. The zero-order chi connectivity index (χ0) is 11.1. The Kier molecular flexibility index (Phi) is 4.54. The maximum absolute atomic E-state index is 4.30. The average molecular weight is 203 g/mol. The van der Waals surface area contributed by atoms with Gasteiger partial charge in [-0.25, -0.2) is 0 Å². The topological polar surface area (TPSA) is 28.0 Å². The lowest BCUT2D eigenvalue weighted by Gasteiger charge is -2.16. The highest BCUT2D eigenvalue weighted by Crippen LogP contribution is 2.15. The van der Waals surface area contributed by atoms with Crippen LogP contribution in [0.15, 0.2) is 40.5 Å². The molecule has 1 heterocycles. The van der Waals surface area contributed by atoms with Gasteiger partial charge in [-0.3, -0.25) is 0 Å². The molecular formula is C12H17N3. The molecule has 1 aromatic carbocycles. The van der Waals surface area contributed by atoms with Crippen LogP contribution in [0.2, 0.25) is 0 Å². The Morgan fingerprint density at radius 3 is 2.40 bits per heavy atom. The average Bonchev–Trinajstić information content (AvgIpc) is 2.33. The molecule has 0 saturated carbocycles. The van der Waals surface area contributed by atoms with E-state index in [2.05, 4.69) is 10.2 Å². The van der Waals surface area contributed by atoms with E-state index in [9.17, 15) is 0 Å². The second-order valence-electron chi connectivity index (χ2n) is 2.96. The Hall–Kier alpha value is -1.64. The van der Waals surface area contributed by atoms with E-state index in [4.69, 9.17) is 0 Å². The summed E-state index contributed by atoms with van der Waals surface area (Å²) in [5.41, 5.74) is 2.08. The monoisotopic (exact) mass is 203 g/mol. The van der Waals surface area contributed by atoms with Crippen molar-refractivity contribution in [3.63, 3.8) is 0 Å². The molecule has 0 radical (unpaired) electrons. The lowest BCUT2D eigenvalue weighted by molar-refractivity contribution is 0.909. The van der Waals surface area contributed by atoms with Crippen molar-refractivity contribution >= 4 is 17.6 Å². The van der Waals surface area contributed by atoms with Gasteiger partial charge in [-0.2, -0.15) is 15.3 Å². The molecule has 3 heteroatoms. The summed E-state index contributed by atoms with van der Waals surface area (Å²) in [5, 5.41) is 10.1. The van der Waals surface area contributed by atoms with Crippen molar-refractivity contribution in [3.05, 3.63) is 30.3 Å². The van der Waals surface area contributed by atoms with Crippen molar-refractivity contribution < 1.29 is 0 Å². The summed E-state index contributed by atoms with van der Waals surface area (Å²) in [6.45, 7) is 6.00. The van der Waals surface area contributed by atoms with Crippen molar-refractivity contribution in [2.24, 2.45) is 10.2 Å². The van der Waals surface area contributed by atoms with Crippen LogP contribution < -0.4 is 5.12 Å². The maximum Gasteiger partial charge on any atom is 0.0856 e. The molecule has 0 atom stereocenters. The highest BCUT2D eigenvalue weighted by Gasteiger charge is 2.05. The van der Waals surface area contributed by atoms with Crippen LogP contribution in [0.5, 0.6) is 0 Å². The van der Waals surface area contributed by atoms with Crippen molar-refractivity contribution in [2.75, 3.05) is 5.12 Å². The van der Waals surface area contributed by atoms with E-state index in [1.165, 1.54) is 0 Å². The third-order valence-corrected chi connectivity index (χ3v) is 1.83. The van der Waals surface area contributed by atoms with Crippen LogP contribution in [-0.2, 0) is 0 Å². The first kappa shape index (κ1) is 11.4. The van der Waals surface area contributed by atoms with Crippen molar-refractivity contribution in [3.8, 4) is 0 Å². The van der Waals surface area contributed by atoms with Gasteiger partial charge >= 0.3 is 0 Å². The molecule has 80 valence electrons. The van der Waals surface area contributed by atoms with Crippen molar-refractivity contribution in [1.29, 1.82) is 0 Å². The van der Waals surface area contributed by atoms with Crippen LogP contribution in [0, 0.1) is 0 Å². The molecule has 15 heavy (non-hydrogen) atoms. The molecule has 0 aromatic heterocycles. The largest absolute Gasteiger partial charge is 0.163 e. The predicted molar refractivity (Wildman–Crippen MR) is 66.5 cm³/mol. The Morgan fingerprint density at radius 2 is 1.80 bits per heavy atom. The molecule has 1 aliphatic heterocycles. The summed E-state index contributed by atoms with van der Waals surface area (Å²) in [7, 11) is 0. The van der Waals surface area contributed by atoms with E-state index in [1.54, 1.807) is 5.12 Å². The lowest BCUT2D eigenvalue weighted by Crippen LogP contribution is -2.15. The van der Waals surface area contributed by atoms with Gasteiger partial charge in [0, 0.05) is 18.3 Å². The van der Waals surface area contributed by atoms with Crippen LogP contribution >= 0.6 is 0 Å². The molecule has 3 nitrogen and oxygen atoms in total. The van der Waals surface area contributed by atoms with E-state index in [1.807, 2.05) is 57.3 Å². The number of benzene rings is 1. The molecule has 0 aliphatic carbocycles. The van der Waals surface area contributed by atoms with Gasteiger partial charge in [0.25, 0.3) is 0 Å². The molecule has 1 aliphatic rings. The van der Waals surface area contributed by atoms with Crippen LogP contribution in [0.25, 0.3) is 0 Å². The predicted octanol–water partition coefficient (Wildman–Crippen LogP) is 3.28. The number of hydrazone groups is 2. The third-order valence-electron chi connectivity index (χ3n) is 1.83. The summed E-state index contributed by atoms with van der Waals surface area (Å²) >= 11 is 0. The van der Waals surface area contributed by atoms with Crippen molar-refractivity contribution in [1.82, 2.24) is 0 Å². The Labute approximate surface area is 91.1 Å². The van der Waals surface area contributed by atoms with E-state index in [0.717, 1.165) is 17.8 Å². The zero-order valence-corrected chi connectivity index (χ0v) is 9.51. The van der Waals surface area contributed by atoms with Gasteiger partial charge in [0.05, 0.1) is 5.69 Å². The van der Waals surface area contributed by atoms with Gasteiger partial charge < -0.3 is 0 Å². The first-order chi connectivity index (χ1) is 7.36. The van der Waals surface area contributed by atoms with E-state index >= 15 is 0 Å². The molecule has 0 N–H and O–H groups in total. The molecule has 0 bridgehead atoms. The van der Waals surface area contributed by atoms with Crippen molar-refractivity contribution in [2.45, 2.75) is 27.2 Å². The standard InChI is InChI=1S/C10H11N3.C2H6/c1-9-7-8-11-13(12-9)10-5-3-2-4-6-10;1-2/h2-6,8H,7H2,1H3;1-2H3. The van der Waals surface area contributed by atoms with Gasteiger partial charge in [0.15, 0.2) is 0 Å². The molecule has 0 saturated heterocycles. The van der Waals surface area contributed by atoms with Gasteiger partial charge in [-0.15, -0.1) is 0 Å². The normalized spacial score (nSPS) is 14.1. The quantitative estimate of drug-likeness (QED) is 0.688. The summed E-state index contributed by atoms with van der Waals surface area (Å²) in [6.07, 6.45) is 2.72. The van der Waals surface area contributed by atoms with E-state index in [0.29, 0.717) is 0 Å². The van der Waals surface area contributed by atoms with Gasteiger partial charge in [0.1, 0.15) is 0 Å². The van der Waals surface area contributed by atoms with Gasteiger partial charge in [0.2, 0.25) is 0 Å². The highest BCUT2D eigenvalue weighted by atomic mass is 15.7. The maximum atomic E-state index is 4.30. The minimum atomic E-state index is 0.851. The summed E-state index contributed by atoms with van der Waals surface area (Å²) in [4.78, 5) is 0. The lowest BCUT2D eigenvalue weighted by atomic mass is 10.3. The molecule has 0 amide bonds. The van der Waals surface area contributed by atoms with Crippen LogP contribution in [-0.4, -0.2) is 11.9 Å². The number of hydrogen-bond donors (Lipinski definition) is 0. The van der Waals surface area contributed by atoms with E-state index in [-0.39, 0.29) is 0 Å². The SMILES string of the molecule is CC.CC1=NN(c2ccccc2)N=CC1. The Morgan fingerprint density at radius 1 is 1.13 bits per heavy atom. The fourth-order valence-electron chi connectivity index (χ4n) is 1.16. The summed E-state index contributed by atoms with van der Waals surface area (Å²) in [6, 6.07) is 9.90. The van der Waals surface area contributed by atoms with E-state index < -0.39 is 0 Å².